The molecule has 0 saturated carbocycles. The van der Waals surface area contributed by atoms with Crippen molar-refractivity contribution in [2.45, 2.75) is 76.8 Å². The molecule has 2 aromatic carbocycles. The molecule has 8 N–H and O–H groups in total. The Morgan fingerprint density at radius 3 is 2.33 bits per heavy atom. The number of guanidine groups is 1. The SMILES string of the molecule is COc1cc(C)c(S(=O)(=O)NC(N)=NCCC[C@@H]2NC(=O)CCC(=O)Nc3cc(ccc3C)[C@H](CC(=O)O)NC(=O)CNC2=O)c(C)c1C. The van der Waals surface area contributed by atoms with Crippen LogP contribution in [0.15, 0.2) is 34.2 Å². The van der Waals surface area contributed by atoms with Crippen LogP contribution in [0.3, 0.4) is 0 Å². The lowest BCUT2D eigenvalue weighted by molar-refractivity contribution is -0.138. The number of aliphatic carboxylic acids is 1. The number of nitrogens with one attached hydrogen (secondary N) is 5. The molecule has 1 aliphatic rings. The van der Waals surface area contributed by atoms with Crippen LogP contribution in [0.4, 0.5) is 5.69 Å². The van der Waals surface area contributed by atoms with Gasteiger partial charge < -0.3 is 36.8 Å². The van der Waals surface area contributed by atoms with E-state index < -0.39 is 64.7 Å². The molecule has 0 spiro atoms. The number of ether oxygens (including phenoxy) is 1. The third-order valence-corrected chi connectivity index (χ3v) is 9.59. The fourth-order valence-corrected chi connectivity index (χ4v) is 6.77. The number of carbonyl (C=O) groups is 5. The van der Waals surface area contributed by atoms with Gasteiger partial charge >= 0.3 is 5.97 Å². The van der Waals surface area contributed by atoms with Crippen molar-refractivity contribution < 1.29 is 42.2 Å². The van der Waals surface area contributed by atoms with E-state index in [1.165, 1.54) is 7.11 Å². The molecule has 1 aliphatic heterocycles. The summed E-state index contributed by atoms with van der Waals surface area (Å²) in [6.45, 7) is 6.24. The number of rotatable bonds is 9. The second-order valence-corrected chi connectivity index (χ2v) is 13.3. The number of hydrogen-bond acceptors (Lipinski definition) is 9. The zero-order valence-electron chi connectivity index (χ0n) is 28.1. The highest BCUT2D eigenvalue weighted by molar-refractivity contribution is 7.90. The molecule has 0 unspecified atom stereocenters. The van der Waals surface area contributed by atoms with Gasteiger partial charge in [0.15, 0.2) is 0 Å². The van der Waals surface area contributed by atoms with Gasteiger partial charge in [-0.25, -0.2) is 13.1 Å². The molecular formula is C32H43N7O9S. The molecule has 2 bridgehead atoms. The van der Waals surface area contributed by atoms with Gasteiger partial charge in [-0.05, 0) is 80.5 Å². The van der Waals surface area contributed by atoms with Crippen molar-refractivity contribution in [1.82, 2.24) is 20.7 Å². The minimum atomic E-state index is -4.10. The second-order valence-electron chi connectivity index (χ2n) is 11.7. The van der Waals surface area contributed by atoms with Crippen LogP contribution in [-0.4, -0.2) is 75.3 Å². The summed E-state index contributed by atoms with van der Waals surface area (Å²) in [6, 6.07) is 4.38. The molecule has 0 aliphatic carbocycles. The number of fused-ring (bicyclic) bond motifs is 2. The molecule has 4 amide bonds. The highest BCUT2D eigenvalue weighted by Crippen LogP contribution is 2.30. The summed E-state index contributed by atoms with van der Waals surface area (Å²) in [5, 5.41) is 19.8. The van der Waals surface area contributed by atoms with Crippen molar-refractivity contribution in [3.63, 3.8) is 0 Å². The van der Waals surface area contributed by atoms with Crippen molar-refractivity contribution in [3.05, 3.63) is 52.1 Å². The Morgan fingerprint density at radius 2 is 1.65 bits per heavy atom. The number of nitrogens with two attached hydrogens (primary N) is 1. The summed E-state index contributed by atoms with van der Waals surface area (Å²) in [5.41, 5.74) is 9.01. The number of carboxylic acid groups (broad SMARTS) is 1. The monoisotopic (exact) mass is 701 g/mol. The van der Waals surface area contributed by atoms with E-state index in [-0.39, 0.29) is 43.1 Å². The Bertz CT molecular complexity index is 1760. The summed E-state index contributed by atoms with van der Waals surface area (Å²) in [5.74, 6) is -3.45. The Balaban J connectivity index is 1.72. The number of aliphatic imine (C=N–C) groups is 1. The standard InChI is InChI=1S/C32H43N7O9S/c1-17-8-9-21-14-23(17)37-27(41)11-10-26(40)36-22(31(45)35-16-28(42)38-24(21)15-29(43)44)7-6-12-34-32(33)39-49(46,47)30-18(2)13-25(48-5)19(3)20(30)4/h8-9,13-14,22,24H,6-7,10-12,15-16H2,1-5H3,(H,35,45)(H,36,40)(H,37,41)(H,38,42)(H,43,44)(H3,33,34,39)/t22-,24-/m0/s1. The quantitative estimate of drug-likeness (QED) is 0.111. The summed E-state index contributed by atoms with van der Waals surface area (Å²) >= 11 is 0. The fraction of sp³-hybridized carbons (Fsp3) is 0.438. The van der Waals surface area contributed by atoms with Crippen molar-refractivity contribution in [2.75, 3.05) is 25.5 Å². The normalized spacial score (nSPS) is 18.1. The Hall–Kier alpha value is -5.19. The lowest BCUT2D eigenvalue weighted by atomic mass is 10.0. The summed E-state index contributed by atoms with van der Waals surface area (Å²) in [4.78, 5) is 66.9. The molecule has 16 nitrogen and oxygen atoms in total. The fourth-order valence-electron chi connectivity index (χ4n) is 5.29. The smallest absolute Gasteiger partial charge is 0.305 e. The molecule has 266 valence electrons. The first kappa shape index (κ1) is 38.3. The molecular weight excluding hydrogens is 658 g/mol. The zero-order chi connectivity index (χ0) is 36.5. The Labute approximate surface area is 284 Å². The average Bonchev–Trinajstić information content (AvgIpc) is 3.01. The van der Waals surface area contributed by atoms with E-state index in [0.717, 1.165) is 0 Å². The van der Waals surface area contributed by atoms with E-state index in [0.29, 0.717) is 39.3 Å². The first-order valence-electron chi connectivity index (χ1n) is 15.5. The van der Waals surface area contributed by atoms with Crippen LogP contribution >= 0.6 is 0 Å². The second kappa shape index (κ2) is 16.8. The molecule has 1 heterocycles. The van der Waals surface area contributed by atoms with E-state index in [1.807, 2.05) is 0 Å². The first-order valence-corrected chi connectivity index (χ1v) is 17.0. The van der Waals surface area contributed by atoms with Gasteiger partial charge in [0, 0.05) is 25.1 Å². The Morgan fingerprint density at radius 1 is 0.980 bits per heavy atom. The van der Waals surface area contributed by atoms with Crippen molar-refractivity contribution in [3.8, 4) is 5.75 Å². The molecule has 0 aromatic heterocycles. The van der Waals surface area contributed by atoms with Gasteiger partial charge in [0.2, 0.25) is 29.6 Å². The van der Waals surface area contributed by atoms with E-state index in [9.17, 15) is 37.5 Å². The largest absolute Gasteiger partial charge is 0.496 e. The first-order chi connectivity index (χ1) is 23.0. The number of amides is 4. The summed E-state index contributed by atoms with van der Waals surface area (Å²) in [6.07, 6.45) is -0.703. The maximum Gasteiger partial charge on any atom is 0.305 e. The maximum atomic E-state index is 13.1. The minimum Gasteiger partial charge on any atom is -0.496 e. The molecule has 2 aromatic rings. The van der Waals surface area contributed by atoms with Gasteiger partial charge in [0.25, 0.3) is 10.0 Å². The van der Waals surface area contributed by atoms with E-state index in [1.54, 1.807) is 52.0 Å². The summed E-state index contributed by atoms with van der Waals surface area (Å²) in [7, 11) is -2.61. The molecule has 0 radical (unpaired) electrons. The molecule has 2 atom stereocenters. The number of benzene rings is 2. The van der Waals surface area contributed by atoms with Gasteiger partial charge in [-0.2, -0.15) is 0 Å². The van der Waals surface area contributed by atoms with Crippen LogP contribution in [0.25, 0.3) is 0 Å². The molecule has 17 heteroatoms. The predicted molar refractivity (Wildman–Crippen MR) is 180 cm³/mol. The molecule has 49 heavy (non-hydrogen) atoms. The van der Waals surface area contributed by atoms with Crippen LogP contribution in [0.1, 0.15) is 66.0 Å². The van der Waals surface area contributed by atoms with Gasteiger partial charge in [-0.15, -0.1) is 0 Å². The van der Waals surface area contributed by atoms with Gasteiger partial charge in [-0.3, -0.25) is 29.0 Å². The third kappa shape index (κ3) is 10.7. The number of anilines is 1. The van der Waals surface area contributed by atoms with Gasteiger partial charge in [-0.1, -0.05) is 12.1 Å². The zero-order valence-corrected chi connectivity index (χ0v) is 28.9. The topological polar surface area (TPSA) is 247 Å². The molecule has 0 fully saturated rings. The van der Waals surface area contributed by atoms with Crippen LogP contribution < -0.4 is 36.5 Å². The number of sulfonamides is 1. The van der Waals surface area contributed by atoms with Crippen molar-refractivity contribution in [1.29, 1.82) is 0 Å². The van der Waals surface area contributed by atoms with Crippen molar-refractivity contribution in [2.24, 2.45) is 10.7 Å². The maximum absolute atomic E-state index is 13.1. The lowest BCUT2D eigenvalue weighted by Gasteiger charge is -2.21. The van der Waals surface area contributed by atoms with Gasteiger partial charge in [0.1, 0.15) is 11.8 Å². The highest BCUT2D eigenvalue weighted by Gasteiger charge is 2.26. The van der Waals surface area contributed by atoms with Gasteiger partial charge in [0.05, 0.1) is 31.0 Å². The lowest BCUT2D eigenvalue weighted by Crippen LogP contribution is -2.49. The number of hydrogen-bond donors (Lipinski definition) is 7. The number of aryl methyl sites for hydroxylation is 2. The van der Waals surface area contributed by atoms with E-state index in [4.69, 9.17) is 10.5 Å². The predicted octanol–water partition coefficient (Wildman–Crippen LogP) is 0.968. The molecule has 3 rings (SSSR count). The minimum absolute atomic E-state index is 0.0234. The average molecular weight is 702 g/mol. The van der Waals surface area contributed by atoms with Crippen molar-refractivity contribution >= 4 is 51.3 Å². The highest BCUT2D eigenvalue weighted by atomic mass is 32.2. The van der Waals surface area contributed by atoms with Crippen LogP contribution in [0.5, 0.6) is 5.75 Å². The van der Waals surface area contributed by atoms with Crippen LogP contribution in [0, 0.1) is 27.7 Å². The molecule has 0 saturated heterocycles. The Kier molecular flexibility index (Phi) is 13.1. The summed E-state index contributed by atoms with van der Waals surface area (Å²) < 4.78 is 33.9. The third-order valence-electron chi connectivity index (χ3n) is 7.95. The number of methoxy groups -OCH3 is 1. The van der Waals surface area contributed by atoms with E-state index >= 15 is 0 Å². The van der Waals surface area contributed by atoms with Crippen LogP contribution in [-0.2, 0) is 34.0 Å². The number of carboxylic acids is 1. The van der Waals surface area contributed by atoms with Crippen LogP contribution in [0.2, 0.25) is 0 Å². The number of carbonyl (C=O) groups excluding carboxylic acids is 4. The van der Waals surface area contributed by atoms with E-state index in [2.05, 4.69) is 31.0 Å². The number of nitrogens with zero attached hydrogens (tertiary/aromatic N) is 1.